The van der Waals surface area contributed by atoms with Crippen LogP contribution in [0.1, 0.15) is 22.8 Å². The van der Waals surface area contributed by atoms with Gasteiger partial charge in [0.25, 0.3) is 0 Å². The Labute approximate surface area is 89.3 Å². The van der Waals surface area contributed by atoms with Gasteiger partial charge in [-0.25, -0.2) is 4.79 Å². The van der Waals surface area contributed by atoms with Crippen molar-refractivity contribution in [2.75, 3.05) is 13.7 Å². The number of ether oxygens (including phenoxy) is 2. The van der Waals surface area contributed by atoms with Crippen molar-refractivity contribution in [3.63, 3.8) is 0 Å². The Kier molecular flexibility index (Phi) is 3.92. The third-order valence-electron chi connectivity index (χ3n) is 1.89. The van der Waals surface area contributed by atoms with Crippen molar-refractivity contribution in [2.24, 2.45) is 0 Å². The summed E-state index contributed by atoms with van der Waals surface area (Å²) in [6.07, 6.45) is 2.73. The van der Waals surface area contributed by atoms with Crippen LogP contribution in [0.2, 0.25) is 0 Å². The number of benzene rings is 1. The molecule has 79 valence electrons. The lowest BCUT2D eigenvalue weighted by molar-refractivity contribution is 0.0596. The molecule has 0 spiro atoms. The van der Waals surface area contributed by atoms with Crippen LogP contribution < -0.4 is 4.74 Å². The third-order valence-corrected chi connectivity index (χ3v) is 1.89. The maximum Gasteiger partial charge on any atom is 0.341 e. The number of rotatable bonds is 4. The molecule has 15 heavy (non-hydrogen) atoms. The Balaban J connectivity index is 3.14. The molecule has 0 atom stereocenters. The molecular weight excluding hydrogens is 192 g/mol. The summed E-state index contributed by atoms with van der Waals surface area (Å²) in [4.78, 5) is 11.4. The summed E-state index contributed by atoms with van der Waals surface area (Å²) in [7, 11) is 1.34. The van der Waals surface area contributed by atoms with E-state index in [1.54, 1.807) is 18.2 Å². The first-order valence-electron chi connectivity index (χ1n) is 4.61. The average Bonchev–Trinajstić information content (AvgIpc) is 2.28. The Bertz CT molecular complexity index is 369. The summed E-state index contributed by atoms with van der Waals surface area (Å²) in [6.45, 7) is 5.87. The van der Waals surface area contributed by atoms with Crippen LogP contribution in [0.15, 0.2) is 24.8 Å². The van der Waals surface area contributed by atoms with E-state index in [-0.39, 0.29) is 0 Å². The number of hydrogen-bond acceptors (Lipinski definition) is 3. The second-order valence-corrected chi connectivity index (χ2v) is 2.81. The van der Waals surface area contributed by atoms with E-state index in [0.29, 0.717) is 17.9 Å². The van der Waals surface area contributed by atoms with Crippen LogP contribution in [0.4, 0.5) is 0 Å². The van der Waals surface area contributed by atoms with Gasteiger partial charge in [-0.15, -0.1) is 0 Å². The summed E-state index contributed by atoms with van der Waals surface area (Å²) >= 11 is 0. The van der Waals surface area contributed by atoms with E-state index in [9.17, 15) is 4.79 Å². The molecule has 1 rings (SSSR count). The van der Waals surface area contributed by atoms with E-state index in [1.165, 1.54) is 7.11 Å². The lowest BCUT2D eigenvalue weighted by atomic mass is 10.1. The molecule has 0 aliphatic rings. The zero-order valence-corrected chi connectivity index (χ0v) is 8.87. The standard InChI is InChI=1S/C12H13O3/c1-4-9-6-7-10(12(13)14-3)11(8-9)15-5-2/h6-8H,1,5H2,2-3H3. The minimum Gasteiger partial charge on any atom is -0.493 e. The maximum atomic E-state index is 11.4. The van der Waals surface area contributed by atoms with Crippen LogP contribution in [-0.2, 0) is 4.74 Å². The quantitative estimate of drug-likeness (QED) is 0.707. The largest absolute Gasteiger partial charge is 0.493 e. The second-order valence-electron chi connectivity index (χ2n) is 2.81. The van der Waals surface area contributed by atoms with E-state index in [4.69, 9.17) is 4.74 Å². The van der Waals surface area contributed by atoms with Crippen molar-refractivity contribution in [2.45, 2.75) is 6.92 Å². The minimum absolute atomic E-state index is 0.408. The Morgan fingerprint density at radius 2 is 2.27 bits per heavy atom. The minimum atomic E-state index is -0.408. The van der Waals surface area contributed by atoms with Gasteiger partial charge in [0, 0.05) is 0 Å². The molecule has 0 unspecified atom stereocenters. The van der Waals surface area contributed by atoms with Crippen LogP contribution in [-0.4, -0.2) is 19.7 Å². The predicted octanol–water partition coefficient (Wildman–Crippen LogP) is 2.21. The molecule has 0 fully saturated rings. The van der Waals surface area contributed by atoms with Crippen molar-refractivity contribution in [3.8, 4) is 5.75 Å². The van der Waals surface area contributed by atoms with Gasteiger partial charge in [-0.1, -0.05) is 12.6 Å². The van der Waals surface area contributed by atoms with Gasteiger partial charge in [0.05, 0.1) is 13.7 Å². The maximum absolute atomic E-state index is 11.4. The summed E-state index contributed by atoms with van der Waals surface area (Å²) in [5.74, 6) is 0.0899. The van der Waals surface area contributed by atoms with Crippen molar-refractivity contribution >= 4 is 5.97 Å². The van der Waals surface area contributed by atoms with E-state index in [0.717, 1.165) is 5.56 Å². The first kappa shape index (κ1) is 11.3. The number of esters is 1. The molecule has 0 aliphatic heterocycles. The second kappa shape index (κ2) is 5.20. The molecule has 3 heteroatoms. The summed E-state index contributed by atoms with van der Waals surface area (Å²) < 4.78 is 9.98. The molecule has 1 radical (unpaired) electrons. The van der Waals surface area contributed by atoms with Crippen LogP contribution in [0, 0.1) is 6.08 Å². The van der Waals surface area contributed by atoms with Crippen LogP contribution in [0.3, 0.4) is 0 Å². The van der Waals surface area contributed by atoms with Crippen molar-refractivity contribution in [1.82, 2.24) is 0 Å². The van der Waals surface area contributed by atoms with E-state index in [2.05, 4.69) is 17.4 Å². The molecule has 3 nitrogen and oxygen atoms in total. The molecule has 0 aliphatic carbocycles. The normalized spacial score (nSPS) is 9.47. The summed E-state index contributed by atoms with van der Waals surface area (Å²) in [6, 6.07) is 5.09. The number of carbonyl (C=O) groups excluding carboxylic acids is 1. The Morgan fingerprint density at radius 1 is 1.53 bits per heavy atom. The SMILES string of the molecule is C=[C]c1ccc(C(=O)OC)c(OCC)c1. The fraction of sp³-hybridized carbons (Fsp3) is 0.250. The molecule has 0 N–H and O–H groups in total. The highest BCUT2D eigenvalue weighted by atomic mass is 16.5. The zero-order chi connectivity index (χ0) is 11.3. The summed E-state index contributed by atoms with van der Waals surface area (Å²) in [5.41, 5.74) is 1.20. The molecule has 0 heterocycles. The van der Waals surface area contributed by atoms with Gasteiger partial charge in [-0.05, 0) is 30.7 Å². The van der Waals surface area contributed by atoms with Gasteiger partial charge in [0.2, 0.25) is 0 Å². The Morgan fingerprint density at radius 3 is 2.80 bits per heavy atom. The molecule has 0 amide bonds. The lowest BCUT2D eigenvalue weighted by Crippen LogP contribution is -2.05. The van der Waals surface area contributed by atoms with Gasteiger partial charge in [0.1, 0.15) is 11.3 Å². The first-order chi connectivity index (χ1) is 7.22. The van der Waals surface area contributed by atoms with Gasteiger partial charge in [-0.2, -0.15) is 0 Å². The fourth-order valence-electron chi connectivity index (χ4n) is 1.19. The van der Waals surface area contributed by atoms with E-state index < -0.39 is 5.97 Å². The topological polar surface area (TPSA) is 35.5 Å². The number of hydrogen-bond donors (Lipinski definition) is 0. The smallest absolute Gasteiger partial charge is 0.341 e. The molecule has 0 aromatic heterocycles. The third kappa shape index (κ3) is 2.59. The van der Waals surface area contributed by atoms with E-state index >= 15 is 0 Å². The molecule has 1 aromatic rings. The van der Waals surface area contributed by atoms with Crippen LogP contribution in [0.5, 0.6) is 5.75 Å². The average molecular weight is 205 g/mol. The van der Waals surface area contributed by atoms with Crippen molar-refractivity contribution in [3.05, 3.63) is 42.0 Å². The molecule has 0 saturated carbocycles. The molecular formula is C12H13O3. The van der Waals surface area contributed by atoms with Crippen molar-refractivity contribution < 1.29 is 14.3 Å². The highest BCUT2D eigenvalue weighted by molar-refractivity contribution is 5.92. The fourth-order valence-corrected chi connectivity index (χ4v) is 1.19. The molecule has 1 aromatic carbocycles. The number of carbonyl (C=O) groups is 1. The first-order valence-corrected chi connectivity index (χ1v) is 4.61. The molecule has 0 saturated heterocycles. The van der Waals surface area contributed by atoms with Crippen LogP contribution >= 0.6 is 0 Å². The van der Waals surface area contributed by atoms with Crippen LogP contribution in [0.25, 0.3) is 0 Å². The lowest BCUT2D eigenvalue weighted by Gasteiger charge is -2.09. The highest BCUT2D eigenvalue weighted by Crippen LogP contribution is 2.21. The van der Waals surface area contributed by atoms with Gasteiger partial charge >= 0.3 is 5.97 Å². The van der Waals surface area contributed by atoms with Gasteiger partial charge in [-0.3, -0.25) is 0 Å². The number of methoxy groups -OCH3 is 1. The molecule has 0 bridgehead atoms. The summed E-state index contributed by atoms with van der Waals surface area (Å²) in [5, 5.41) is 0. The van der Waals surface area contributed by atoms with Gasteiger partial charge in [0.15, 0.2) is 0 Å². The highest BCUT2D eigenvalue weighted by Gasteiger charge is 2.12. The predicted molar refractivity (Wildman–Crippen MR) is 56.9 cm³/mol. The zero-order valence-electron chi connectivity index (χ0n) is 8.87. The van der Waals surface area contributed by atoms with Gasteiger partial charge < -0.3 is 9.47 Å². The van der Waals surface area contributed by atoms with E-state index in [1.807, 2.05) is 6.92 Å². The van der Waals surface area contributed by atoms with Crippen molar-refractivity contribution in [1.29, 1.82) is 0 Å². The Hall–Kier alpha value is -1.77. The monoisotopic (exact) mass is 205 g/mol.